The lowest BCUT2D eigenvalue weighted by Crippen LogP contribution is -2.20. The van der Waals surface area contributed by atoms with Crippen LogP contribution in [-0.2, 0) is 11.2 Å². The molecule has 0 aromatic heterocycles. The number of carbonyl (C=O) groups is 1. The molecule has 1 amide bonds. The first-order valence-corrected chi connectivity index (χ1v) is 5.91. The number of aliphatic hydroxyl groups is 1. The SMILES string of the molecule is CN1C(=O)Cc2cc(C(O)CCCN)ccc21. The molecule has 0 spiro atoms. The normalized spacial score (nSPS) is 16.2. The van der Waals surface area contributed by atoms with Crippen LogP contribution in [0.1, 0.15) is 30.1 Å². The molecule has 17 heavy (non-hydrogen) atoms. The van der Waals surface area contributed by atoms with E-state index < -0.39 is 6.10 Å². The van der Waals surface area contributed by atoms with Crippen molar-refractivity contribution in [1.82, 2.24) is 0 Å². The number of benzene rings is 1. The van der Waals surface area contributed by atoms with Gasteiger partial charge in [0.15, 0.2) is 0 Å². The van der Waals surface area contributed by atoms with Crippen molar-refractivity contribution < 1.29 is 9.90 Å². The molecule has 1 aliphatic heterocycles. The number of aliphatic hydroxyl groups excluding tert-OH is 1. The summed E-state index contributed by atoms with van der Waals surface area (Å²) in [5.41, 5.74) is 8.24. The van der Waals surface area contributed by atoms with Gasteiger partial charge < -0.3 is 15.7 Å². The molecular weight excluding hydrogens is 216 g/mol. The minimum atomic E-state index is -0.482. The van der Waals surface area contributed by atoms with Gasteiger partial charge in [-0.05, 0) is 36.6 Å². The van der Waals surface area contributed by atoms with E-state index in [-0.39, 0.29) is 5.91 Å². The lowest BCUT2D eigenvalue weighted by Gasteiger charge is -2.13. The maximum atomic E-state index is 11.5. The summed E-state index contributed by atoms with van der Waals surface area (Å²) >= 11 is 0. The molecular formula is C13H18N2O2. The summed E-state index contributed by atoms with van der Waals surface area (Å²) in [6.07, 6.45) is 1.42. The van der Waals surface area contributed by atoms with Crippen LogP contribution in [0.3, 0.4) is 0 Å². The van der Waals surface area contributed by atoms with Crippen LogP contribution in [0.2, 0.25) is 0 Å². The lowest BCUT2D eigenvalue weighted by atomic mass is 10.0. The Morgan fingerprint density at radius 2 is 2.29 bits per heavy atom. The van der Waals surface area contributed by atoms with E-state index in [1.165, 1.54) is 0 Å². The first kappa shape index (κ1) is 12.1. The van der Waals surface area contributed by atoms with Gasteiger partial charge in [-0.25, -0.2) is 0 Å². The second-order valence-electron chi connectivity index (χ2n) is 4.46. The highest BCUT2D eigenvalue weighted by atomic mass is 16.3. The fourth-order valence-electron chi connectivity index (χ4n) is 2.18. The summed E-state index contributed by atoms with van der Waals surface area (Å²) < 4.78 is 0. The van der Waals surface area contributed by atoms with Gasteiger partial charge in [0.2, 0.25) is 5.91 Å². The Balaban J connectivity index is 2.18. The Morgan fingerprint density at radius 1 is 1.53 bits per heavy atom. The summed E-state index contributed by atoms with van der Waals surface area (Å²) in [6.45, 7) is 0.587. The van der Waals surface area contributed by atoms with Gasteiger partial charge >= 0.3 is 0 Å². The van der Waals surface area contributed by atoms with Crippen LogP contribution in [0, 0.1) is 0 Å². The summed E-state index contributed by atoms with van der Waals surface area (Å²) in [6, 6.07) is 5.72. The fourth-order valence-corrected chi connectivity index (χ4v) is 2.18. The number of likely N-dealkylation sites (N-methyl/N-ethyl adjacent to an activating group) is 1. The number of anilines is 1. The van der Waals surface area contributed by atoms with E-state index >= 15 is 0 Å². The van der Waals surface area contributed by atoms with Gasteiger partial charge in [0.1, 0.15) is 0 Å². The van der Waals surface area contributed by atoms with Crippen LogP contribution in [0.5, 0.6) is 0 Å². The zero-order valence-corrected chi connectivity index (χ0v) is 10.0. The lowest BCUT2D eigenvalue weighted by molar-refractivity contribution is -0.117. The maximum Gasteiger partial charge on any atom is 0.231 e. The number of amides is 1. The van der Waals surface area contributed by atoms with E-state index in [0.717, 1.165) is 23.2 Å². The highest BCUT2D eigenvalue weighted by Gasteiger charge is 2.24. The first-order valence-electron chi connectivity index (χ1n) is 5.91. The third kappa shape index (κ3) is 2.33. The molecule has 1 aliphatic rings. The molecule has 1 atom stereocenters. The molecule has 0 aliphatic carbocycles. The van der Waals surface area contributed by atoms with Crippen molar-refractivity contribution in [1.29, 1.82) is 0 Å². The predicted molar refractivity (Wildman–Crippen MR) is 66.8 cm³/mol. The first-order chi connectivity index (χ1) is 8.13. The Morgan fingerprint density at radius 3 is 3.00 bits per heavy atom. The number of nitrogens with zero attached hydrogens (tertiary/aromatic N) is 1. The Hall–Kier alpha value is -1.39. The smallest absolute Gasteiger partial charge is 0.231 e. The zero-order valence-electron chi connectivity index (χ0n) is 10.0. The molecule has 0 saturated carbocycles. The molecule has 2 rings (SSSR count). The van der Waals surface area contributed by atoms with Crippen molar-refractivity contribution in [2.24, 2.45) is 5.73 Å². The number of nitrogens with two attached hydrogens (primary N) is 1. The third-order valence-electron chi connectivity index (χ3n) is 3.25. The molecule has 92 valence electrons. The summed E-state index contributed by atoms with van der Waals surface area (Å²) in [5, 5.41) is 9.96. The van der Waals surface area contributed by atoms with Gasteiger partial charge in [-0.2, -0.15) is 0 Å². The predicted octanol–water partition coefficient (Wildman–Crippen LogP) is 0.978. The molecule has 1 heterocycles. The van der Waals surface area contributed by atoms with E-state index in [2.05, 4.69) is 0 Å². The van der Waals surface area contributed by atoms with Crippen molar-refractivity contribution >= 4 is 11.6 Å². The quantitative estimate of drug-likeness (QED) is 0.816. The summed E-state index contributed by atoms with van der Waals surface area (Å²) in [7, 11) is 1.78. The molecule has 0 fully saturated rings. The summed E-state index contributed by atoms with van der Waals surface area (Å²) in [5.74, 6) is 0.105. The van der Waals surface area contributed by atoms with Crippen LogP contribution >= 0.6 is 0 Å². The van der Waals surface area contributed by atoms with Crippen molar-refractivity contribution in [3.05, 3.63) is 29.3 Å². The van der Waals surface area contributed by atoms with Gasteiger partial charge in [0, 0.05) is 12.7 Å². The molecule has 0 radical (unpaired) electrons. The van der Waals surface area contributed by atoms with E-state index in [1.54, 1.807) is 11.9 Å². The molecule has 0 saturated heterocycles. The average Bonchev–Trinajstić information content (AvgIpc) is 2.61. The zero-order chi connectivity index (χ0) is 12.4. The number of fused-ring (bicyclic) bond motifs is 1. The van der Waals surface area contributed by atoms with Crippen LogP contribution < -0.4 is 10.6 Å². The number of hydrogen-bond acceptors (Lipinski definition) is 3. The van der Waals surface area contributed by atoms with Crippen LogP contribution in [0.25, 0.3) is 0 Å². The van der Waals surface area contributed by atoms with Crippen molar-refractivity contribution in [3.63, 3.8) is 0 Å². The fraction of sp³-hybridized carbons (Fsp3) is 0.462. The second-order valence-corrected chi connectivity index (χ2v) is 4.46. The molecule has 4 nitrogen and oxygen atoms in total. The molecule has 4 heteroatoms. The van der Waals surface area contributed by atoms with Crippen molar-refractivity contribution in [2.45, 2.75) is 25.4 Å². The second kappa shape index (κ2) is 4.85. The van der Waals surface area contributed by atoms with Crippen molar-refractivity contribution in [3.8, 4) is 0 Å². The number of carbonyl (C=O) groups excluding carboxylic acids is 1. The average molecular weight is 234 g/mol. The van der Waals surface area contributed by atoms with Crippen LogP contribution in [0.4, 0.5) is 5.69 Å². The maximum absolute atomic E-state index is 11.5. The Kier molecular flexibility index (Phi) is 3.45. The number of hydrogen-bond donors (Lipinski definition) is 2. The molecule has 1 aromatic carbocycles. The van der Waals surface area contributed by atoms with Gasteiger partial charge in [0.25, 0.3) is 0 Å². The van der Waals surface area contributed by atoms with Gasteiger partial charge in [-0.3, -0.25) is 4.79 Å². The van der Waals surface area contributed by atoms with Gasteiger partial charge in [-0.1, -0.05) is 12.1 Å². The topological polar surface area (TPSA) is 66.6 Å². The standard InChI is InChI=1S/C13H18N2O2/c1-15-11-5-4-9(12(16)3-2-6-14)7-10(11)8-13(15)17/h4-5,7,12,16H,2-3,6,8,14H2,1H3. The third-order valence-corrected chi connectivity index (χ3v) is 3.25. The monoisotopic (exact) mass is 234 g/mol. The van der Waals surface area contributed by atoms with Crippen LogP contribution in [-0.4, -0.2) is 24.6 Å². The van der Waals surface area contributed by atoms with Crippen LogP contribution in [0.15, 0.2) is 18.2 Å². The highest BCUT2D eigenvalue weighted by molar-refractivity contribution is 6.00. The van der Waals surface area contributed by atoms with E-state index in [0.29, 0.717) is 19.4 Å². The molecule has 0 bridgehead atoms. The van der Waals surface area contributed by atoms with Gasteiger partial charge in [-0.15, -0.1) is 0 Å². The van der Waals surface area contributed by atoms with E-state index in [9.17, 15) is 9.90 Å². The number of rotatable bonds is 4. The van der Waals surface area contributed by atoms with Crippen molar-refractivity contribution in [2.75, 3.05) is 18.5 Å². The minimum absolute atomic E-state index is 0.105. The van der Waals surface area contributed by atoms with Gasteiger partial charge in [0.05, 0.1) is 12.5 Å². The Bertz CT molecular complexity index is 431. The Labute approximate surface area is 101 Å². The van der Waals surface area contributed by atoms with E-state index in [1.807, 2.05) is 18.2 Å². The summed E-state index contributed by atoms with van der Waals surface area (Å²) in [4.78, 5) is 13.2. The molecule has 1 aromatic rings. The largest absolute Gasteiger partial charge is 0.388 e. The van der Waals surface area contributed by atoms with E-state index in [4.69, 9.17) is 5.73 Å². The highest BCUT2D eigenvalue weighted by Crippen LogP contribution is 2.30. The molecule has 3 N–H and O–H groups in total. The minimum Gasteiger partial charge on any atom is -0.388 e. The molecule has 1 unspecified atom stereocenters.